The normalized spacial score (nSPS) is 5.00. The summed E-state index contributed by atoms with van der Waals surface area (Å²) in [6, 6.07) is 1.60. The Bertz CT molecular complexity index is 33.8. The molecule has 0 saturated carbocycles. The van der Waals surface area contributed by atoms with Crippen LogP contribution in [0.4, 0.5) is 0 Å². The molecule has 2 nitrogen and oxygen atoms in total. The highest BCUT2D eigenvalue weighted by molar-refractivity contribution is 4.66. The van der Waals surface area contributed by atoms with Gasteiger partial charge in [-0.25, -0.2) is 5.73 Å². The molecular formula is C2H3N2. The van der Waals surface area contributed by atoms with Gasteiger partial charge in [0.1, 0.15) is 0 Å². The first kappa shape index (κ1) is 3.45. The maximum atomic E-state index is 7.44. The highest BCUT2D eigenvalue weighted by Crippen LogP contribution is 1.31. The number of rotatable bonds is 0. The summed E-state index contributed by atoms with van der Waals surface area (Å²) in [5.41, 5.74) is 6.09. The molecule has 0 aliphatic carbocycles. The zero-order chi connectivity index (χ0) is 3.41. The van der Waals surface area contributed by atoms with E-state index in [1.807, 2.05) is 0 Å². The van der Waals surface area contributed by atoms with Gasteiger partial charge in [0.05, 0.1) is 12.6 Å². The van der Waals surface area contributed by atoms with Crippen LogP contribution in [0, 0.1) is 11.3 Å². The second-order valence-corrected chi connectivity index (χ2v) is 0.335. The highest BCUT2D eigenvalue weighted by Gasteiger charge is 1.49. The van der Waals surface area contributed by atoms with Crippen LogP contribution >= 0.6 is 0 Å². The Morgan fingerprint density at radius 2 is 2.25 bits per heavy atom. The topological polar surface area (TPSA) is 47.6 Å². The lowest BCUT2D eigenvalue weighted by molar-refractivity contribution is 1.20. The van der Waals surface area contributed by atoms with Crippen LogP contribution < -0.4 is 5.73 Å². The Labute approximate surface area is 24.8 Å². The number of hydrogen-bond acceptors (Lipinski definition) is 1. The summed E-state index contributed by atoms with van der Waals surface area (Å²) in [4.78, 5) is 0. The number of nitriles is 1. The van der Waals surface area contributed by atoms with E-state index in [9.17, 15) is 0 Å². The predicted octanol–water partition coefficient (Wildman–Crippen LogP) is -0.207. The van der Waals surface area contributed by atoms with Gasteiger partial charge in [0, 0.05) is 0 Å². The van der Waals surface area contributed by atoms with Gasteiger partial charge < -0.3 is 0 Å². The maximum Gasteiger partial charge on any atom is 0.0972 e. The summed E-state index contributed by atoms with van der Waals surface area (Å²) < 4.78 is 0. The van der Waals surface area contributed by atoms with Crippen LogP contribution in [0.15, 0.2) is 0 Å². The van der Waals surface area contributed by atoms with E-state index in [-0.39, 0.29) is 6.54 Å². The molecule has 0 amide bonds. The van der Waals surface area contributed by atoms with E-state index in [1.54, 1.807) is 6.07 Å². The van der Waals surface area contributed by atoms with Crippen molar-refractivity contribution in [1.82, 2.24) is 5.73 Å². The lowest BCUT2D eigenvalue weighted by Crippen LogP contribution is -1.69. The molecule has 0 rings (SSSR count). The van der Waals surface area contributed by atoms with Crippen LogP contribution in [0.1, 0.15) is 0 Å². The lowest BCUT2D eigenvalue weighted by atomic mass is 10.8. The molecule has 0 bridgehead atoms. The molecule has 1 N–H and O–H groups in total. The summed E-state index contributed by atoms with van der Waals surface area (Å²) in [5.74, 6) is 0. The molecule has 0 aliphatic rings. The van der Waals surface area contributed by atoms with E-state index in [0.29, 0.717) is 0 Å². The Morgan fingerprint density at radius 3 is 2.25 bits per heavy atom. The van der Waals surface area contributed by atoms with Crippen molar-refractivity contribution in [1.29, 1.82) is 5.26 Å². The van der Waals surface area contributed by atoms with Crippen molar-refractivity contribution >= 4 is 0 Å². The molecule has 0 heterocycles. The monoisotopic (exact) mass is 55.0 g/mol. The molecule has 0 atom stereocenters. The molecule has 0 aromatic heterocycles. The van der Waals surface area contributed by atoms with E-state index in [4.69, 9.17) is 11.0 Å². The standard InChI is InChI=1S/C2H3N2/c3-1-2-4/h3H,1H2. The fraction of sp³-hybridized carbons (Fsp3) is 0.500. The molecule has 21 valence electrons. The van der Waals surface area contributed by atoms with E-state index >= 15 is 0 Å². The van der Waals surface area contributed by atoms with Gasteiger partial charge in [0.25, 0.3) is 0 Å². The van der Waals surface area contributed by atoms with Gasteiger partial charge in [-0.15, -0.1) is 0 Å². The third-order valence-electron chi connectivity index (χ3n) is 0.0791. The lowest BCUT2D eigenvalue weighted by Gasteiger charge is -1.48. The summed E-state index contributed by atoms with van der Waals surface area (Å²) in [7, 11) is 0. The molecule has 0 fully saturated rings. The molecule has 0 aromatic rings. The molecular weight excluding hydrogens is 52.0 g/mol. The molecule has 1 radical (unpaired) electrons. The summed E-state index contributed by atoms with van der Waals surface area (Å²) in [5, 5.41) is 7.44. The molecule has 0 aliphatic heterocycles. The predicted molar refractivity (Wildman–Crippen MR) is 13.6 cm³/mol. The molecule has 0 unspecified atom stereocenters. The van der Waals surface area contributed by atoms with Crippen molar-refractivity contribution in [3.8, 4) is 6.07 Å². The quantitative estimate of drug-likeness (QED) is 0.354. The minimum absolute atomic E-state index is 0.125. The Hall–Kier alpha value is -0.550. The fourth-order valence-electron chi connectivity index (χ4n) is 0. The minimum Gasteiger partial charge on any atom is -0.243 e. The van der Waals surface area contributed by atoms with Crippen molar-refractivity contribution in [2.45, 2.75) is 0 Å². The smallest absolute Gasteiger partial charge is 0.0972 e. The van der Waals surface area contributed by atoms with E-state index in [1.165, 1.54) is 0 Å². The van der Waals surface area contributed by atoms with Crippen LogP contribution in [0.25, 0.3) is 0 Å². The number of nitrogens with zero attached hydrogens (tertiary/aromatic N) is 1. The van der Waals surface area contributed by atoms with Crippen molar-refractivity contribution in [2.75, 3.05) is 6.54 Å². The Kier molecular flexibility index (Phi) is 2.11. The zero-order valence-corrected chi connectivity index (χ0v) is 2.15. The average molecular weight is 55.1 g/mol. The number of hydrogen-bond donors (Lipinski definition) is 0. The summed E-state index contributed by atoms with van der Waals surface area (Å²) in [6.07, 6.45) is 0. The van der Waals surface area contributed by atoms with E-state index in [0.717, 1.165) is 0 Å². The molecule has 4 heavy (non-hydrogen) atoms. The van der Waals surface area contributed by atoms with Gasteiger partial charge in [0.15, 0.2) is 0 Å². The Balaban J connectivity index is 2.43. The zero-order valence-electron chi connectivity index (χ0n) is 2.15. The fourth-order valence-corrected chi connectivity index (χ4v) is 0. The molecule has 0 saturated heterocycles. The van der Waals surface area contributed by atoms with Gasteiger partial charge in [-0.2, -0.15) is 5.26 Å². The van der Waals surface area contributed by atoms with Crippen LogP contribution in [-0.4, -0.2) is 6.54 Å². The first-order valence-electron chi connectivity index (χ1n) is 0.931. The minimum atomic E-state index is -0.125. The van der Waals surface area contributed by atoms with Crippen LogP contribution in [-0.2, 0) is 0 Å². The van der Waals surface area contributed by atoms with Crippen molar-refractivity contribution in [3.63, 3.8) is 0 Å². The van der Waals surface area contributed by atoms with Gasteiger partial charge >= 0.3 is 0 Å². The second-order valence-electron chi connectivity index (χ2n) is 0.335. The van der Waals surface area contributed by atoms with Crippen molar-refractivity contribution in [2.24, 2.45) is 0 Å². The molecule has 0 aromatic carbocycles. The Morgan fingerprint density at radius 1 is 2.00 bits per heavy atom. The number of nitrogens with one attached hydrogen (secondary N) is 1. The van der Waals surface area contributed by atoms with Crippen molar-refractivity contribution in [3.05, 3.63) is 0 Å². The summed E-state index contributed by atoms with van der Waals surface area (Å²) >= 11 is 0. The second kappa shape index (κ2) is 2.45. The van der Waals surface area contributed by atoms with Crippen molar-refractivity contribution < 1.29 is 0 Å². The first-order chi connectivity index (χ1) is 1.91. The van der Waals surface area contributed by atoms with Crippen LogP contribution in [0.3, 0.4) is 0 Å². The van der Waals surface area contributed by atoms with Gasteiger partial charge in [-0.05, 0) is 0 Å². The highest BCUT2D eigenvalue weighted by atomic mass is 14.5. The van der Waals surface area contributed by atoms with Gasteiger partial charge in [-0.3, -0.25) is 0 Å². The van der Waals surface area contributed by atoms with E-state index in [2.05, 4.69) is 0 Å². The SMILES string of the molecule is N#CC[NH]. The van der Waals surface area contributed by atoms with Gasteiger partial charge in [-0.1, -0.05) is 0 Å². The van der Waals surface area contributed by atoms with Gasteiger partial charge in [0.2, 0.25) is 0 Å². The molecule has 0 spiro atoms. The molecule has 2 heteroatoms. The van der Waals surface area contributed by atoms with Crippen LogP contribution in [0.2, 0.25) is 0 Å². The third-order valence-corrected chi connectivity index (χ3v) is 0.0791. The van der Waals surface area contributed by atoms with E-state index < -0.39 is 0 Å². The largest absolute Gasteiger partial charge is 0.243 e. The maximum absolute atomic E-state index is 7.44. The average Bonchev–Trinajstić information content (AvgIpc) is 1.37. The van der Waals surface area contributed by atoms with Crippen LogP contribution in [0.5, 0.6) is 0 Å². The third kappa shape index (κ3) is 1.45. The first-order valence-corrected chi connectivity index (χ1v) is 0.931. The summed E-state index contributed by atoms with van der Waals surface area (Å²) in [6.45, 7) is -0.125.